The van der Waals surface area contributed by atoms with E-state index < -0.39 is 80.4 Å². The summed E-state index contributed by atoms with van der Waals surface area (Å²) in [6.07, 6.45) is -22.0. The number of alkyl halides is 12. The van der Waals surface area contributed by atoms with E-state index in [-0.39, 0.29) is 12.1 Å². The van der Waals surface area contributed by atoms with Crippen LogP contribution in [0.2, 0.25) is 0 Å². The van der Waals surface area contributed by atoms with Crippen molar-refractivity contribution in [1.29, 1.82) is 0 Å². The van der Waals surface area contributed by atoms with Crippen LogP contribution in [0.4, 0.5) is 52.7 Å². The molecule has 0 aliphatic rings. The molecular formula is C21H18F12O4S. The van der Waals surface area contributed by atoms with Crippen LogP contribution in [0, 0.1) is 0 Å². The molecule has 0 radical (unpaired) electrons. The lowest BCUT2D eigenvalue weighted by molar-refractivity contribution is -0.144. The fourth-order valence-corrected chi connectivity index (χ4v) is 3.39. The van der Waals surface area contributed by atoms with E-state index in [1.807, 2.05) is 0 Å². The highest BCUT2D eigenvalue weighted by Crippen LogP contribution is 2.39. The number of halogens is 12. The maximum Gasteiger partial charge on any atom is 0.416 e. The zero-order valence-corrected chi connectivity index (χ0v) is 20.1. The summed E-state index contributed by atoms with van der Waals surface area (Å²) in [6, 6.07) is 1.82. The molecule has 0 saturated heterocycles. The summed E-state index contributed by atoms with van der Waals surface area (Å²) in [5.41, 5.74) is -6.88. The van der Waals surface area contributed by atoms with E-state index in [0.717, 1.165) is 13.8 Å². The van der Waals surface area contributed by atoms with E-state index in [9.17, 15) is 61.1 Å². The van der Waals surface area contributed by atoms with Gasteiger partial charge in [0.25, 0.3) is 10.1 Å². The smallest absolute Gasteiger partial charge is 0.389 e. The van der Waals surface area contributed by atoms with Crippen molar-refractivity contribution in [3.8, 4) is 0 Å². The Balaban J connectivity index is 0.000000389. The van der Waals surface area contributed by atoms with Gasteiger partial charge in [-0.15, -0.1) is 0 Å². The maximum atomic E-state index is 12.6. The van der Waals surface area contributed by atoms with Gasteiger partial charge in [0.05, 0.1) is 40.7 Å². The van der Waals surface area contributed by atoms with Crippen LogP contribution in [0.15, 0.2) is 36.4 Å². The van der Waals surface area contributed by atoms with Crippen LogP contribution >= 0.6 is 0 Å². The Morgan fingerprint density at radius 2 is 0.868 bits per heavy atom. The minimum Gasteiger partial charge on any atom is -0.389 e. The maximum absolute atomic E-state index is 12.6. The van der Waals surface area contributed by atoms with Crippen LogP contribution in [0.1, 0.15) is 59.4 Å². The molecule has 4 nitrogen and oxygen atoms in total. The monoisotopic (exact) mass is 594 g/mol. The Kier molecular flexibility index (Phi) is 9.96. The Morgan fingerprint density at radius 1 is 0.605 bits per heavy atom. The van der Waals surface area contributed by atoms with Crippen LogP contribution in [0.3, 0.4) is 0 Å². The second-order valence-corrected chi connectivity index (χ2v) is 9.40. The van der Waals surface area contributed by atoms with Crippen molar-refractivity contribution in [1.82, 2.24) is 0 Å². The van der Waals surface area contributed by atoms with Gasteiger partial charge in [-0.05, 0) is 61.4 Å². The molecule has 0 unspecified atom stereocenters. The average Bonchev–Trinajstić information content (AvgIpc) is 2.69. The Labute approximate surface area is 208 Å². The summed E-state index contributed by atoms with van der Waals surface area (Å²) in [6.45, 7) is 2.13. The van der Waals surface area contributed by atoms with Crippen molar-refractivity contribution in [2.24, 2.45) is 0 Å². The molecule has 2 aromatic carbocycles. The minimum absolute atomic E-state index is 0.0197. The number of aliphatic hydroxyl groups is 1. The number of hydrogen-bond donors (Lipinski definition) is 1. The van der Waals surface area contributed by atoms with Gasteiger partial charge in [-0.1, -0.05) is 0 Å². The third-order valence-corrected chi connectivity index (χ3v) is 5.13. The van der Waals surface area contributed by atoms with Crippen LogP contribution < -0.4 is 0 Å². The first-order chi connectivity index (χ1) is 16.7. The van der Waals surface area contributed by atoms with Crippen LogP contribution in [-0.2, 0) is 39.0 Å². The van der Waals surface area contributed by atoms with Gasteiger partial charge in [-0.3, -0.25) is 4.18 Å². The lowest BCUT2D eigenvalue weighted by atomic mass is 10.0. The highest BCUT2D eigenvalue weighted by Gasteiger charge is 2.38. The van der Waals surface area contributed by atoms with Crippen molar-refractivity contribution in [3.05, 3.63) is 69.8 Å². The summed E-state index contributed by atoms with van der Waals surface area (Å²) in [5, 5.41) is 9.07. The quantitative estimate of drug-likeness (QED) is 0.294. The van der Waals surface area contributed by atoms with Gasteiger partial charge in [0.1, 0.15) is 0 Å². The standard InChI is InChI=1S/C11H10F6O3S.C10H8F6O/c1-6(20-21(2,18)19)7-3-8(10(12,13)14)5-9(4-7)11(15,16)17;1-5(17)6-2-7(9(11,12)13)4-8(3-6)10(14,15)16/h3-6H,1-2H3;2-5,17H,1H3/t6-;5-/m00/s1. The van der Waals surface area contributed by atoms with Gasteiger partial charge in [-0.25, -0.2) is 0 Å². The second kappa shape index (κ2) is 11.3. The Bertz CT molecular complexity index is 1150. The van der Waals surface area contributed by atoms with Crippen LogP contribution in [0.5, 0.6) is 0 Å². The summed E-state index contributed by atoms with van der Waals surface area (Å²) < 4.78 is 176. The number of hydrogen-bond acceptors (Lipinski definition) is 4. The topological polar surface area (TPSA) is 63.6 Å². The SMILES string of the molecule is C[C@H](O)c1cc(C(F)(F)F)cc(C(F)(F)F)c1.C[C@H](OS(C)(=O)=O)c1cc(C(F)(F)F)cc(C(F)(F)F)c1. The molecule has 17 heteroatoms. The average molecular weight is 594 g/mol. The Morgan fingerprint density at radius 3 is 1.08 bits per heavy atom. The molecule has 0 saturated carbocycles. The predicted octanol–water partition coefficient (Wildman–Crippen LogP) is 7.54. The van der Waals surface area contributed by atoms with Crippen molar-refractivity contribution in [2.45, 2.75) is 50.8 Å². The predicted molar refractivity (Wildman–Crippen MR) is 108 cm³/mol. The van der Waals surface area contributed by atoms with Crippen LogP contribution in [-0.4, -0.2) is 19.8 Å². The molecule has 216 valence electrons. The van der Waals surface area contributed by atoms with E-state index in [0.29, 0.717) is 30.5 Å². The molecule has 0 spiro atoms. The third kappa shape index (κ3) is 10.3. The van der Waals surface area contributed by atoms with Gasteiger partial charge < -0.3 is 5.11 Å². The Hall–Kier alpha value is -2.53. The number of benzene rings is 2. The van der Waals surface area contributed by atoms with Gasteiger partial charge >= 0.3 is 24.7 Å². The largest absolute Gasteiger partial charge is 0.416 e. The first-order valence-electron chi connectivity index (χ1n) is 9.87. The van der Waals surface area contributed by atoms with E-state index in [2.05, 4.69) is 4.18 Å². The van der Waals surface area contributed by atoms with Gasteiger partial charge in [0.15, 0.2) is 0 Å². The molecule has 2 rings (SSSR count). The molecule has 0 aliphatic heterocycles. The minimum atomic E-state index is -5.00. The van der Waals surface area contributed by atoms with E-state index in [1.165, 1.54) is 0 Å². The molecule has 0 bridgehead atoms. The highest BCUT2D eigenvalue weighted by molar-refractivity contribution is 7.86. The molecule has 38 heavy (non-hydrogen) atoms. The van der Waals surface area contributed by atoms with E-state index >= 15 is 0 Å². The molecule has 0 aromatic heterocycles. The summed E-state index contributed by atoms with van der Waals surface area (Å²) in [4.78, 5) is 0. The van der Waals surface area contributed by atoms with Crippen molar-refractivity contribution in [3.63, 3.8) is 0 Å². The third-order valence-electron chi connectivity index (χ3n) is 4.49. The fraction of sp³-hybridized carbons (Fsp3) is 0.429. The van der Waals surface area contributed by atoms with Crippen molar-refractivity contribution >= 4 is 10.1 Å². The summed E-state index contributed by atoms with van der Waals surface area (Å²) in [5.74, 6) is 0. The summed E-state index contributed by atoms with van der Waals surface area (Å²) >= 11 is 0. The first kappa shape index (κ1) is 33.5. The van der Waals surface area contributed by atoms with Crippen LogP contribution in [0.25, 0.3) is 0 Å². The molecule has 2 aromatic rings. The number of aliphatic hydroxyl groups excluding tert-OH is 1. The lowest BCUT2D eigenvalue weighted by Crippen LogP contribution is -2.14. The van der Waals surface area contributed by atoms with Crippen molar-refractivity contribution < 1.29 is 70.4 Å². The van der Waals surface area contributed by atoms with E-state index in [1.54, 1.807) is 0 Å². The molecule has 1 N–H and O–H groups in total. The normalized spacial score (nSPS) is 14.9. The van der Waals surface area contributed by atoms with E-state index in [4.69, 9.17) is 5.11 Å². The second-order valence-electron chi connectivity index (χ2n) is 7.80. The first-order valence-corrected chi connectivity index (χ1v) is 11.7. The number of rotatable bonds is 4. The molecular weight excluding hydrogens is 576 g/mol. The van der Waals surface area contributed by atoms with Gasteiger partial charge in [-0.2, -0.15) is 61.1 Å². The molecule has 0 aliphatic carbocycles. The zero-order valence-electron chi connectivity index (χ0n) is 19.2. The fourth-order valence-electron chi connectivity index (χ4n) is 2.75. The van der Waals surface area contributed by atoms with Gasteiger partial charge in [0.2, 0.25) is 0 Å². The molecule has 0 fully saturated rings. The molecule has 0 amide bonds. The zero-order chi connectivity index (χ0) is 30.1. The summed E-state index contributed by atoms with van der Waals surface area (Å²) in [7, 11) is -4.03. The van der Waals surface area contributed by atoms with Gasteiger partial charge in [0, 0.05) is 0 Å². The lowest BCUT2D eigenvalue weighted by Gasteiger charge is -2.17. The highest BCUT2D eigenvalue weighted by atomic mass is 32.2. The van der Waals surface area contributed by atoms with Crippen molar-refractivity contribution in [2.75, 3.05) is 6.26 Å². The molecule has 2 atom stereocenters. The molecule has 0 heterocycles.